The van der Waals surface area contributed by atoms with Gasteiger partial charge in [-0.05, 0) is 57.2 Å². The molecule has 5 atom stereocenters. The minimum absolute atomic E-state index is 0.224. The summed E-state index contributed by atoms with van der Waals surface area (Å²) in [5.74, 6) is 1.01. The van der Waals surface area contributed by atoms with Crippen LogP contribution < -0.4 is 5.32 Å². The van der Waals surface area contributed by atoms with Crippen molar-refractivity contribution in [2.24, 2.45) is 5.92 Å². The minimum Gasteiger partial charge on any atom is -0.376 e. The Morgan fingerprint density at radius 1 is 1.21 bits per heavy atom. The van der Waals surface area contributed by atoms with Gasteiger partial charge in [-0.15, -0.1) is 0 Å². The molecular formula is C26H45N5O2. The third-order valence-corrected chi connectivity index (χ3v) is 7.60. The van der Waals surface area contributed by atoms with Crippen molar-refractivity contribution in [2.75, 3.05) is 19.6 Å². The first kappa shape index (κ1) is 26.0. The molecule has 7 nitrogen and oxygen atoms in total. The van der Waals surface area contributed by atoms with E-state index in [1.807, 2.05) is 20.8 Å². The van der Waals surface area contributed by atoms with Crippen molar-refractivity contribution in [1.29, 1.82) is 0 Å². The van der Waals surface area contributed by atoms with Crippen molar-refractivity contribution in [1.82, 2.24) is 25.1 Å². The largest absolute Gasteiger partial charge is 0.376 e. The first-order valence-electron chi connectivity index (χ1n) is 13.0. The number of nitrogens with zero attached hydrogens (tertiary/aromatic N) is 4. The van der Waals surface area contributed by atoms with E-state index < -0.39 is 6.23 Å². The average Bonchev–Trinajstić information content (AvgIpc) is 3.14. The standard InChI is InChI=1S/C26H45N5O2/c1-7-10-18-17-19(30(8-2)9-3)11-12-22(18)31-16-14-21(24(31)33)28-23(32)20-13-15-27-25(29-20)26(4,5)6/h13,15,18-19,21-22,24,33H,7-12,14,16-17H2,1-6H3,(H,28,32)/t18-,19+,21?,22-,24-/m0/s1. The Hall–Kier alpha value is -1.57. The molecule has 1 aromatic rings. The van der Waals surface area contributed by atoms with Crippen LogP contribution in [0.15, 0.2) is 12.3 Å². The molecule has 1 aliphatic carbocycles. The lowest BCUT2D eigenvalue weighted by Gasteiger charge is -2.45. The van der Waals surface area contributed by atoms with Crippen LogP contribution in [0.3, 0.4) is 0 Å². The quantitative estimate of drug-likeness (QED) is 0.618. The fourth-order valence-corrected chi connectivity index (χ4v) is 5.81. The number of carbonyl (C=O) groups is 1. The summed E-state index contributed by atoms with van der Waals surface area (Å²) in [6, 6.07) is 2.42. The van der Waals surface area contributed by atoms with E-state index in [4.69, 9.17) is 0 Å². The number of nitrogens with one attached hydrogen (secondary N) is 1. The minimum atomic E-state index is -0.646. The monoisotopic (exact) mass is 459 g/mol. The Morgan fingerprint density at radius 3 is 2.58 bits per heavy atom. The molecule has 1 amide bonds. The molecule has 2 aliphatic rings. The van der Waals surface area contributed by atoms with E-state index in [1.165, 1.54) is 25.7 Å². The van der Waals surface area contributed by atoms with Crippen LogP contribution in [0.1, 0.15) is 96.4 Å². The van der Waals surface area contributed by atoms with Gasteiger partial charge < -0.3 is 15.3 Å². The summed E-state index contributed by atoms with van der Waals surface area (Å²) in [5, 5.41) is 14.3. The van der Waals surface area contributed by atoms with Crippen molar-refractivity contribution in [2.45, 2.75) is 110 Å². The molecule has 1 saturated heterocycles. The lowest BCUT2D eigenvalue weighted by Crippen LogP contribution is -2.53. The number of aliphatic hydroxyl groups excluding tert-OH is 1. The van der Waals surface area contributed by atoms with Gasteiger partial charge in [0.05, 0.1) is 6.04 Å². The van der Waals surface area contributed by atoms with Crippen molar-refractivity contribution < 1.29 is 9.90 Å². The summed E-state index contributed by atoms with van der Waals surface area (Å²) in [6.45, 7) is 15.9. The Kier molecular flexibility index (Phi) is 8.87. The van der Waals surface area contributed by atoms with Gasteiger partial charge in [-0.2, -0.15) is 0 Å². The predicted octanol–water partition coefficient (Wildman–Crippen LogP) is 3.58. The Labute approximate surface area is 200 Å². The molecule has 2 fully saturated rings. The number of hydrogen-bond donors (Lipinski definition) is 2. The molecule has 1 saturated carbocycles. The van der Waals surface area contributed by atoms with Gasteiger partial charge in [-0.25, -0.2) is 9.97 Å². The second-order valence-corrected chi connectivity index (χ2v) is 10.8. The van der Waals surface area contributed by atoms with E-state index in [0.717, 1.165) is 32.5 Å². The van der Waals surface area contributed by atoms with Crippen molar-refractivity contribution in [3.63, 3.8) is 0 Å². The van der Waals surface area contributed by atoms with Gasteiger partial charge in [0.15, 0.2) is 0 Å². The summed E-state index contributed by atoms with van der Waals surface area (Å²) in [4.78, 5) is 26.6. The highest BCUT2D eigenvalue weighted by Gasteiger charge is 2.43. The second-order valence-electron chi connectivity index (χ2n) is 10.8. The van der Waals surface area contributed by atoms with E-state index >= 15 is 0 Å². The third kappa shape index (κ3) is 6.11. The maximum atomic E-state index is 12.9. The molecule has 3 rings (SSSR count). The van der Waals surface area contributed by atoms with Gasteiger partial charge in [0.1, 0.15) is 17.7 Å². The fourth-order valence-electron chi connectivity index (χ4n) is 5.81. The van der Waals surface area contributed by atoms with Crippen LogP contribution in [0.4, 0.5) is 0 Å². The normalized spacial score (nSPS) is 28.9. The van der Waals surface area contributed by atoms with E-state index in [2.05, 4.69) is 45.9 Å². The molecule has 33 heavy (non-hydrogen) atoms. The van der Waals surface area contributed by atoms with Gasteiger partial charge in [-0.1, -0.05) is 48.0 Å². The molecule has 1 aromatic heterocycles. The SMILES string of the molecule is CCC[C@H]1C[C@H](N(CC)CC)CC[C@@H]1N1CCC(NC(=O)c2ccnc(C(C)(C)C)n2)[C@@H]1O. The van der Waals surface area contributed by atoms with Crippen LogP contribution >= 0.6 is 0 Å². The lowest BCUT2D eigenvalue weighted by molar-refractivity contribution is -0.0433. The van der Waals surface area contributed by atoms with Crippen molar-refractivity contribution in [3.8, 4) is 0 Å². The number of hydrogen-bond acceptors (Lipinski definition) is 6. The van der Waals surface area contributed by atoms with Crippen LogP contribution in [0.25, 0.3) is 0 Å². The lowest BCUT2D eigenvalue weighted by atomic mass is 9.77. The number of rotatable bonds is 8. The van der Waals surface area contributed by atoms with E-state index in [9.17, 15) is 9.90 Å². The molecule has 0 spiro atoms. The summed E-state index contributed by atoms with van der Waals surface area (Å²) in [6.07, 6.45) is 7.62. The molecule has 2 heterocycles. The van der Waals surface area contributed by atoms with Crippen LogP contribution in [-0.2, 0) is 5.41 Å². The molecule has 2 N–H and O–H groups in total. The van der Waals surface area contributed by atoms with Crippen LogP contribution in [0, 0.1) is 5.92 Å². The van der Waals surface area contributed by atoms with E-state index in [-0.39, 0.29) is 17.4 Å². The molecule has 0 aromatic carbocycles. The highest BCUT2D eigenvalue weighted by Crippen LogP contribution is 2.37. The van der Waals surface area contributed by atoms with Crippen LogP contribution in [0.2, 0.25) is 0 Å². The number of aliphatic hydroxyl groups is 1. The summed E-state index contributed by atoms with van der Waals surface area (Å²) in [7, 11) is 0. The van der Waals surface area contributed by atoms with Gasteiger partial charge in [0.25, 0.3) is 5.91 Å². The molecule has 7 heteroatoms. The summed E-state index contributed by atoms with van der Waals surface area (Å²) in [5.41, 5.74) is 0.141. The molecule has 0 bridgehead atoms. The zero-order chi connectivity index (χ0) is 24.2. The van der Waals surface area contributed by atoms with Gasteiger partial charge in [0.2, 0.25) is 0 Å². The zero-order valence-electron chi connectivity index (χ0n) is 21.5. The first-order chi connectivity index (χ1) is 15.7. The molecule has 1 aliphatic heterocycles. The second kappa shape index (κ2) is 11.2. The van der Waals surface area contributed by atoms with E-state index in [0.29, 0.717) is 29.5 Å². The van der Waals surface area contributed by atoms with Gasteiger partial charge in [0, 0.05) is 30.2 Å². The fraction of sp³-hybridized carbons (Fsp3) is 0.808. The average molecular weight is 460 g/mol. The molecule has 186 valence electrons. The summed E-state index contributed by atoms with van der Waals surface area (Å²) < 4.78 is 0. The number of aromatic nitrogens is 2. The van der Waals surface area contributed by atoms with Gasteiger partial charge in [-0.3, -0.25) is 9.69 Å². The third-order valence-electron chi connectivity index (χ3n) is 7.60. The van der Waals surface area contributed by atoms with Crippen LogP contribution in [-0.4, -0.2) is 74.8 Å². The first-order valence-corrected chi connectivity index (χ1v) is 13.0. The summed E-state index contributed by atoms with van der Waals surface area (Å²) >= 11 is 0. The predicted molar refractivity (Wildman–Crippen MR) is 132 cm³/mol. The number of amides is 1. The highest BCUT2D eigenvalue weighted by atomic mass is 16.3. The highest BCUT2D eigenvalue weighted by molar-refractivity contribution is 5.92. The van der Waals surface area contributed by atoms with Gasteiger partial charge >= 0.3 is 0 Å². The van der Waals surface area contributed by atoms with E-state index in [1.54, 1.807) is 12.3 Å². The Bertz CT molecular complexity index is 776. The topological polar surface area (TPSA) is 81.6 Å². The zero-order valence-corrected chi connectivity index (χ0v) is 21.5. The Balaban J connectivity index is 1.65. The van der Waals surface area contributed by atoms with Crippen molar-refractivity contribution in [3.05, 3.63) is 23.8 Å². The Morgan fingerprint density at radius 2 is 1.94 bits per heavy atom. The number of carbonyl (C=O) groups excluding carboxylic acids is 1. The molecule has 0 radical (unpaired) electrons. The smallest absolute Gasteiger partial charge is 0.270 e. The number of likely N-dealkylation sites (tertiary alicyclic amines) is 1. The maximum Gasteiger partial charge on any atom is 0.270 e. The molecule has 1 unspecified atom stereocenters. The van der Waals surface area contributed by atoms with Crippen molar-refractivity contribution >= 4 is 5.91 Å². The van der Waals surface area contributed by atoms with Crippen LogP contribution in [0.5, 0.6) is 0 Å². The molecular weight excluding hydrogens is 414 g/mol. The maximum absolute atomic E-state index is 12.9.